The number of hydrogen-bond donors (Lipinski definition) is 0. The standard InChI is InChI=1S/C19H23NO2S3/c1-5-7-8-15(21)20-14-10-9-12(22-6-2)11-13(14)16-17(19(20,3)4)24-25-18(16)23/h9-11H,5-8H2,1-4H3. The zero-order valence-electron chi connectivity index (χ0n) is 15.0. The lowest BCUT2D eigenvalue weighted by Gasteiger charge is -2.43. The van der Waals surface area contributed by atoms with E-state index in [0.29, 0.717) is 13.0 Å². The molecule has 0 unspecified atom stereocenters. The van der Waals surface area contributed by atoms with Crippen molar-refractivity contribution in [3.8, 4) is 16.9 Å². The minimum absolute atomic E-state index is 0.173. The van der Waals surface area contributed by atoms with Gasteiger partial charge in [0.05, 0.1) is 22.7 Å². The monoisotopic (exact) mass is 393 g/mol. The highest BCUT2D eigenvalue weighted by Gasteiger charge is 2.42. The summed E-state index contributed by atoms with van der Waals surface area (Å²) >= 11 is 5.62. The van der Waals surface area contributed by atoms with Gasteiger partial charge in [-0.1, -0.05) is 46.2 Å². The van der Waals surface area contributed by atoms with E-state index in [0.717, 1.165) is 39.2 Å². The third-order valence-corrected chi connectivity index (χ3v) is 7.86. The Morgan fingerprint density at radius 1 is 1.28 bits per heavy atom. The molecule has 3 nitrogen and oxygen atoms in total. The van der Waals surface area contributed by atoms with Crippen LogP contribution in [0.4, 0.5) is 5.69 Å². The van der Waals surface area contributed by atoms with Crippen molar-refractivity contribution in [3.05, 3.63) is 26.9 Å². The number of carbonyl (C=O) groups excluding carboxylic acids is 1. The Bertz CT molecular complexity index is 851. The maximum Gasteiger partial charge on any atom is 0.227 e. The second kappa shape index (κ2) is 7.17. The molecule has 1 aliphatic rings. The number of nitrogens with zero attached hydrogens (tertiary/aromatic N) is 1. The van der Waals surface area contributed by atoms with Crippen molar-refractivity contribution in [2.24, 2.45) is 0 Å². The fourth-order valence-electron chi connectivity index (χ4n) is 3.35. The highest BCUT2D eigenvalue weighted by atomic mass is 32.9. The van der Waals surface area contributed by atoms with Gasteiger partial charge in [-0.05, 0) is 45.4 Å². The molecule has 0 saturated heterocycles. The van der Waals surface area contributed by atoms with Gasteiger partial charge in [0, 0.05) is 17.5 Å². The number of rotatable bonds is 5. The summed E-state index contributed by atoms with van der Waals surface area (Å²) in [6.07, 6.45) is 2.49. The summed E-state index contributed by atoms with van der Waals surface area (Å²) < 4.78 is 6.58. The van der Waals surface area contributed by atoms with E-state index in [1.165, 1.54) is 4.88 Å². The molecule has 0 aliphatic carbocycles. The molecule has 0 radical (unpaired) electrons. The van der Waals surface area contributed by atoms with Crippen molar-refractivity contribution < 1.29 is 9.53 Å². The Balaban J connectivity index is 2.20. The highest BCUT2D eigenvalue weighted by molar-refractivity contribution is 7.80. The summed E-state index contributed by atoms with van der Waals surface area (Å²) in [6, 6.07) is 5.98. The Kier molecular flexibility index (Phi) is 5.32. The number of hydrogen-bond acceptors (Lipinski definition) is 5. The lowest BCUT2D eigenvalue weighted by Crippen LogP contribution is -2.47. The van der Waals surface area contributed by atoms with Crippen molar-refractivity contribution in [1.29, 1.82) is 0 Å². The molecule has 1 aromatic heterocycles. The third-order valence-electron chi connectivity index (χ3n) is 4.53. The number of amides is 1. The van der Waals surface area contributed by atoms with Gasteiger partial charge >= 0.3 is 0 Å². The quantitative estimate of drug-likeness (QED) is 0.436. The van der Waals surface area contributed by atoms with Crippen LogP contribution < -0.4 is 9.64 Å². The van der Waals surface area contributed by atoms with Crippen LogP contribution in [0.25, 0.3) is 11.1 Å². The van der Waals surface area contributed by atoms with Crippen LogP contribution in [-0.2, 0) is 10.3 Å². The first-order valence-electron chi connectivity index (χ1n) is 8.65. The van der Waals surface area contributed by atoms with E-state index >= 15 is 0 Å². The predicted octanol–water partition coefficient (Wildman–Crippen LogP) is 6.38. The minimum atomic E-state index is -0.390. The van der Waals surface area contributed by atoms with Crippen LogP contribution in [-0.4, -0.2) is 12.5 Å². The van der Waals surface area contributed by atoms with Crippen molar-refractivity contribution in [1.82, 2.24) is 0 Å². The van der Waals surface area contributed by atoms with E-state index in [2.05, 4.69) is 20.8 Å². The molecule has 1 aromatic carbocycles. The average molecular weight is 394 g/mol. The Hall–Kier alpha value is -1.24. The van der Waals surface area contributed by atoms with Crippen LogP contribution in [0.1, 0.15) is 51.8 Å². The molecular formula is C19H23NO2S3. The second-order valence-electron chi connectivity index (χ2n) is 6.66. The predicted molar refractivity (Wildman–Crippen MR) is 110 cm³/mol. The summed E-state index contributed by atoms with van der Waals surface area (Å²) in [5, 5.41) is 0. The molecule has 0 spiro atoms. The van der Waals surface area contributed by atoms with Crippen molar-refractivity contribution in [3.63, 3.8) is 0 Å². The van der Waals surface area contributed by atoms with E-state index in [1.807, 2.05) is 30.0 Å². The lowest BCUT2D eigenvalue weighted by atomic mass is 9.87. The van der Waals surface area contributed by atoms with Gasteiger partial charge in [-0.25, -0.2) is 0 Å². The molecule has 1 aliphatic heterocycles. The second-order valence-corrected chi connectivity index (χ2v) is 9.48. The maximum absolute atomic E-state index is 13.0. The van der Waals surface area contributed by atoms with Crippen molar-refractivity contribution in [2.45, 2.75) is 52.5 Å². The van der Waals surface area contributed by atoms with Gasteiger partial charge in [-0.15, -0.1) is 0 Å². The normalized spacial score (nSPS) is 14.8. The Morgan fingerprint density at radius 3 is 2.72 bits per heavy atom. The van der Waals surface area contributed by atoms with Crippen molar-refractivity contribution >= 4 is 44.5 Å². The molecule has 0 saturated carbocycles. The van der Waals surface area contributed by atoms with Crippen molar-refractivity contribution in [2.75, 3.05) is 11.5 Å². The lowest BCUT2D eigenvalue weighted by molar-refractivity contribution is -0.119. The number of fused-ring (bicyclic) bond motifs is 3. The van der Waals surface area contributed by atoms with E-state index in [9.17, 15) is 4.79 Å². The highest BCUT2D eigenvalue weighted by Crippen LogP contribution is 2.53. The SMILES string of the molecule is CCCCC(=O)N1c2ccc(OCC)cc2-c2c(ssc2=S)C1(C)C. The molecule has 0 bridgehead atoms. The molecule has 2 heterocycles. The van der Waals surface area contributed by atoms with Gasteiger partial charge in [0.15, 0.2) is 0 Å². The van der Waals surface area contributed by atoms with Gasteiger partial charge in [-0.2, -0.15) is 0 Å². The van der Waals surface area contributed by atoms with Crippen LogP contribution >= 0.6 is 32.9 Å². The molecule has 6 heteroatoms. The van der Waals surface area contributed by atoms with Crippen LogP contribution in [0.15, 0.2) is 18.2 Å². The average Bonchev–Trinajstić information content (AvgIpc) is 2.96. The zero-order chi connectivity index (χ0) is 18.2. The molecule has 134 valence electrons. The van der Waals surface area contributed by atoms with E-state index in [-0.39, 0.29) is 5.91 Å². The largest absolute Gasteiger partial charge is 0.494 e. The maximum atomic E-state index is 13.0. The van der Waals surface area contributed by atoms with Crippen LogP contribution in [0.3, 0.4) is 0 Å². The summed E-state index contributed by atoms with van der Waals surface area (Å²) in [5.41, 5.74) is 2.68. The molecule has 0 atom stereocenters. The fourth-order valence-corrected chi connectivity index (χ4v) is 6.63. The first-order valence-corrected chi connectivity index (χ1v) is 11.2. The summed E-state index contributed by atoms with van der Waals surface area (Å²) in [4.78, 5) is 16.2. The smallest absolute Gasteiger partial charge is 0.227 e. The molecular weight excluding hydrogens is 370 g/mol. The third kappa shape index (κ3) is 3.15. The van der Waals surface area contributed by atoms with Crippen LogP contribution in [0.5, 0.6) is 5.75 Å². The minimum Gasteiger partial charge on any atom is -0.494 e. The number of benzene rings is 1. The number of carbonyl (C=O) groups is 1. The van der Waals surface area contributed by atoms with Gasteiger partial charge in [-0.3, -0.25) is 4.79 Å². The molecule has 3 rings (SSSR count). The molecule has 0 fully saturated rings. The van der Waals surface area contributed by atoms with Gasteiger partial charge < -0.3 is 9.64 Å². The first kappa shape index (κ1) is 18.5. The topological polar surface area (TPSA) is 29.5 Å². The molecule has 0 N–H and O–H groups in total. The number of unbranched alkanes of at least 4 members (excludes halogenated alkanes) is 1. The van der Waals surface area contributed by atoms with Gasteiger partial charge in [0.1, 0.15) is 9.57 Å². The van der Waals surface area contributed by atoms with E-state index in [4.69, 9.17) is 17.0 Å². The van der Waals surface area contributed by atoms with Gasteiger partial charge in [0.2, 0.25) is 5.91 Å². The molecule has 1 amide bonds. The molecule has 25 heavy (non-hydrogen) atoms. The number of anilines is 1. The summed E-state index contributed by atoms with van der Waals surface area (Å²) in [7, 11) is 3.30. The fraction of sp³-hybridized carbons (Fsp3) is 0.474. The molecule has 2 aromatic rings. The number of ether oxygens (including phenoxy) is 1. The summed E-state index contributed by atoms with van der Waals surface area (Å²) in [6.45, 7) is 8.93. The Morgan fingerprint density at radius 2 is 2.04 bits per heavy atom. The van der Waals surface area contributed by atoms with Crippen LogP contribution in [0, 0.1) is 3.82 Å². The van der Waals surface area contributed by atoms with Crippen LogP contribution in [0.2, 0.25) is 0 Å². The summed E-state index contributed by atoms with van der Waals surface area (Å²) in [5.74, 6) is 0.991. The van der Waals surface area contributed by atoms with E-state index < -0.39 is 5.54 Å². The first-order chi connectivity index (χ1) is 11.9. The Labute approximate surface area is 161 Å². The zero-order valence-corrected chi connectivity index (χ0v) is 17.5. The van der Waals surface area contributed by atoms with E-state index in [1.54, 1.807) is 20.7 Å². The van der Waals surface area contributed by atoms with Gasteiger partial charge in [0.25, 0.3) is 0 Å².